The van der Waals surface area contributed by atoms with Gasteiger partial charge in [-0.25, -0.2) is 4.98 Å². The first-order chi connectivity index (χ1) is 10.3. The van der Waals surface area contributed by atoms with Gasteiger partial charge in [0, 0.05) is 24.6 Å². The molecule has 2 aromatic rings. The lowest BCUT2D eigenvalue weighted by Crippen LogP contribution is -2.37. The molecule has 0 unspecified atom stereocenters. The molecule has 110 valence electrons. The first kappa shape index (κ1) is 14.4. The zero-order valence-electron chi connectivity index (χ0n) is 11.8. The molecule has 1 saturated heterocycles. The van der Waals surface area contributed by atoms with E-state index in [1.807, 2.05) is 6.07 Å². The number of aromatic nitrogens is 1. The van der Waals surface area contributed by atoms with E-state index in [0.717, 1.165) is 19.5 Å². The molecular weight excluding hydrogens is 284 g/mol. The van der Waals surface area contributed by atoms with Crippen LogP contribution in [0.2, 0.25) is 5.02 Å². The topological polar surface area (TPSA) is 34.1 Å². The number of hydrogen-bond acceptors (Lipinski definition) is 3. The molecule has 21 heavy (non-hydrogen) atoms. The summed E-state index contributed by atoms with van der Waals surface area (Å²) in [5, 5.41) is 4.05. The molecule has 3 nitrogen and oxygen atoms in total. The molecule has 0 radical (unpaired) electrons. The molecule has 2 heterocycles. The van der Waals surface area contributed by atoms with Crippen LogP contribution in [0.3, 0.4) is 0 Å². The van der Waals surface area contributed by atoms with Gasteiger partial charge in [0.05, 0.1) is 6.61 Å². The Morgan fingerprint density at radius 3 is 2.86 bits per heavy atom. The second-order valence-corrected chi connectivity index (χ2v) is 5.78. The van der Waals surface area contributed by atoms with Gasteiger partial charge in [0.2, 0.25) is 5.88 Å². The van der Waals surface area contributed by atoms with E-state index in [-0.39, 0.29) is 0 Å². The number of nitrogens with one attached hydrogen (secondary N) is 1. The highest BCUT2D eigenvalue weighted by atomic mass is 35.5. The molecule has 1 aliphatic rings. The number of halogens is 1. The predicted octanol–water partition coefficient (Wildman–Crippen LogP) is 3.51. The summed E-state index contributed by atoms with van der Waals surface area (Å²) in [6.45, 7) is 2.68. The Morgan fingerprint density at radius 2 is 2.05 bits per heavy atom. The van der Waals surface area contributed by atoms with Gasteiger partial charge in [-0.05, 0) is 30.7 Å². The zero-order valence-corrected chi connectivity index (χ0v) is 12.6. The van der Waals surface area contributed by atoms with Gasteiger partial charge in [-0.2, -0.15) is 0 Å². The Balaban J connectivity index is 1.69. The Morgan fingerprint density at radius 1 is 1.19 bits per heavy atom. The average Bonchev–Trinajstić information content (AvgIpc) is 2.55. The molecule has 4 heteroatoms. The Hall–Kier alpha value is -1.58. The standard InChI is InChI=1S/C17H19ClN2O/c18-16-7-4-9-20-17(16)21-12-14-8-10-19-11-15(14)13-5-2-1-3-6-13/h1-7,9,14-15,19H,8,10-12H2/t14-,15-/m1/s1. The number of rotatable bonds is 4. The third kappa shape index (κ3) is 3.55. The fourth-order valence-electron chi connectivity index (χ4n) is 2.87. The zero-order chi connectivity index (χ0) is 14.5. The number of nitrogens with zero attached hydrogens (tertiary/aromatic N) is 1. The van der Waals surface area contributed by atoms with Crippen LogP contribution in [0.4, 0.5) is 0 Å². The van der Waals surface area contributed by atoms with Gasteiger partial charge in [-0.1, -0.05) is 41.9 Å². The third-order valence-electron chi connectivity index (χ3n) is 4.01. The predicted molar refractivity (Wildman–Crippen MR) is 84.9 cm³/mol. The lowest BCUT2D eigenvalue weighted by molar-refractivity contribution is 0.189. The molecule has 0 bridgehead atoms. The summed E-state index contributed by atoms with van der Waals surface area (Å²) in [5.74, 6) is 1.48. The summed E-state index contributed by atoms with van der Waals surface area (Å²) in [5.41, 5.74) is 1.37. The van der Waals surface area contributed by atoms with E-state index >= 15 is 0 Å². The van der Waals surface area contributed by atoms with Crippen LogP contribution in [0, 0.1) is 5.92 Å². The normalized spacial score (nSPS) is 22.0. The summed E-state index contributed by atoms with van der Waals surface area (Å²) in [7, 11) is 0. The van der Waals surface area contributed by atoms with Crippen LogP contribution in [0.15, 0.2) is 48.7 Å². The van der Waals surface area contributed by atoms with E-state index in [4.69, 9.17) is 16.3 Å². The van der Waals surface area contributed by atoms with Gasteiger partial charge in [-0.3, -0.25) is 0 Å². The van der Waals surface area contributed by atoms with Gasteiger partial charge in [0.15, 0.2) is 0 Å². The van der Waals surface area contributed by atoms with Gasteiger partial charge in [0.1, 0.15) is 5.02 Å². The van der Waals surface area contributed by atoms with Crippen molar-refractivity contribution in [3.05, 3.63) is 59.2 Å². The highest BCUT2D eigenvalue weighted by molar-refractivity contribution is 6.31. The quantitative estimate of drug-likeness (QED) is 0.938. The molecule has 0 spiro atoms. The minimum Gasteiger partial charge on any atom is -0.476 e. The Kier molecular flexibility index (Phi) is 4.73. The largest absolute Gasteiger partial charge is 0.476 e. The maximum atomic E-state index is 6.10. The van der Waals surface area contributed by atoms with E-state index in [1.54, 1.807) is 12.3 Å². The summed E-state index contributed by atoms with van der Waals surface area (Å²) in [4.78, 5) is 4.19. The van der Waals surface area contributed by atoms with Crippen molar-refractivity contribution in [1.29, 1.82) is 0 Å². The number of hydrogen-bond donors (Lipinski definition) is 1. The van der Waals surface area contributed by atoms with Crippen molar-refractivity contribution < 1.29 is 4.74 Å². The van der Waals surface area contributed by atoms with E-state index in [2.05, 4.69) is 40.6 Å². The minimum absolute atomic E-state index is 0.474. The highest BCUT2D eigenvalue weighted by Gasteiger charge is 2.27. The first-order valence-corrected chi connectivity index (χ1v) is 7.71. The van der Waals surface area contributed by atoms with Crippen molar-refractivity contribution in [2.24, 2.45) is 5.92 Å². The maximum Gasteiger partial charge on any atom is 0.232 e. The Labute approximate surface area is 130 Å². The van der Waals surface area contributed by atoms with Gasteiger partial charge >= 0.3 is 0 Å². The summed E-state index contributed by atoms with van der Waals surface area (Å²) >= 11 is 6.10. The van der Waals surface area contributed by atoms with Crippen LogP contribution in [-0.2, 0) is 0 Å². The molecule has 0 amide bonds. The number of ether oxygens (including phenoxy) is 1. The molecule has 1 N–H and O–H groups in total. The van der Waals surface area contributed by atoms with Crippen LogP contribution in [0.1, 0.15) is 17.9 Å². The molecule has 1 aliphatic heterocycles. The number of pyridine rings is 1. The Bertz CT molecular complexity index is 576. The van der Waals surface area contributed by atoms with Crippen LogP contribution >= 0.6 is 11.6 Å². The summed E-state index contributed by atoms with van der Waals surface area (Å²) in [6.07, 6.45) is 2.81. The van der Waals surface area contributed by atoms with Gasteiger partial charge in [-0.15, -0.1) is 0 Å². The second-order valence-electron chi connectivity index (χ2n) is 5.37. The van der Waals surface area contributed by atoms with Crippen molar-refractivity contribution in [1.82, 2.24) is 10.3 Å². The smallest absolute Gasteiger partial charge is 0.232 e. The number of piperidine rings is 1. The molecule has 2 atom stereocenters. The fraction of sp³-hybridized carbons (Fsp3) is 0.353. The van der Waals surface area contributed by atoms with Crippen LogP contribution in [-0.4, -0.2) is 24.7 Å². The first-order valence-electron chi connectivity index (χ1n) is 7.33. The van der Waals surface area contributed by atoms with Crippen molar-refractivity contribution in [3.8, 4) is 5.88 Å². The van der Waals surface area contributed by atoms with Crippen LogP contribution in [0.5, 0.6) is 5.88 Å². The number of benzene rings is 1. The van der Waals surface area contributed by atoms with E-state index in [0.29, 0.717) is 29.3 Å². The lowest BCUT2D eigenvalue weighted by Gasteiger charge is -2.32. The van der Waals surface area contributed by atoms with Crippen molar-refractivity contribution in [2.75, 3.05) is 19.7 Å². The summed E-state index contributed by atoms with van der Waals surface area (Å²) in [6, 6.07) is 14.2. The molecular formula is C17H19ClN2O. The molecule has 0 saturated carbocycles. The molecule has 0 aliphatic carbocycles. The second kappa shape index (κ2) is 6.92. The maximum absolute atomic E-state index is 6.10. The lowest BCUT2D eigenvalue weighted by atomic mass is 9.82. The summed E-state index contributed by atoms with van der Waals surface area (Å²) < 4.78 is 5.86. The van der Waals surface area contributed by atoms with Crippen LogP contribution < -0.4 is 10.1 Å². The van der Waals surface area contributed by atoms with E-state index < -0.39 is 0 Å². The average molecular weight is 303 g/mol. The van der Waals surface area contributed by atoms with Crippen molar-refractivity contribution in [3.63, 3.8) is 0 Å². The third-order valence-corrected chi connectivity index (χ3v) is 4.30. The molecule has 1 aromatic heterocycles. The fourth-order valence-corrected chi connectivity index (χ4v) is 3.04. The van der Waals surface area contributed by atoms with E-state index in [1.165, 1.54) is 5.56 Å². The molecule has 1 fully saturated rings. The molecule has 1 aromatic carbocycles. The highest BCUT2D eigenvalue weighted by Crippen LogP contribution is 2.30. The van der Waals surface area contributed by atoms with Crippen molar-refractivity contribution in [2.45, 2.75) is 12.3 Å². The monoisotopic (exact) mass is 302 g/mol. The minimum atomic E-state index is 0.474. The molecule has 3 rings (SSSR count). The van der Waals surface area contributed by atoms with E-state index in [9.17, 15) is 0 Å². The van der Waals surface area contributed by atoms with Crippen LogP contribution in [0.25, 0.3) is 0 Å². The van der Waals surface area contributed by atoms with Crippen molar-refractivity contribution >= 4 is 11.6 Å². The van der Waals surface area contributed by atoms with Gasteiger partial charge in [0.25, 0.3) is 0 Å². The SMILES string of the molecule is Clc1cccnc1OC[C@H]1CCNC[C@@H]1c1ccccc1. The van der Waals surface area contributed by atoms with Gasteiger partial charge < -0.3 is 10.1 Å².